The van der Waals surface area contributed by atoms with Crippen LogP contribution in [0, 0.1) is 11.3 Å². The minimum absolute atomic E-state index is 0.498. The van der Waals surface area contributed by atoms with Gasteiger partial charge in [-0.05, 0) is 54.7 Å². The van der Waals surface area contributed by atoms with Crippen molar-refractivity contribution in [2.45, 2.75) is 52.9 Å². The van der Waals surface area contributed by atoms with E-state index in [9.17, 15) is 0 Å². The second-order valence-electron chi connectivity index (χ2n) is 6.81. The Labute approximate surface area is 122 Å². The van der Waals surface area contributed by atoms with Gasteiger partial charge >= 0.3 is 0 Å². The van der Waals surface area contributed by atoms with Gasteiger partial charge in [0.25, 0.3) is 0 Å². The van der Waals surface area contributed by atoms with Gasteiger partial charge in [0, 0.05) is 11.3 Å². The molecule has 0 fully saturated rings. The minimum atomic E-state index is 0.498. The lowest BCUT2D eigenvalue weighted by atomic mass is 9.80. The predicted molar refractivity (Wildman–Crippen MR) is 86.5 cm³/mol. The normalized spacial score (nSPS) is 28.4. The molecule has 0 bridgehead atoms. The third-order valence-corrected chi connectivity index (χ3v) is 5.21. The van der Waals surface area contributed by atoms with Crippen molar-refractivity contribution < 1.29 is 0 Å². The lowest BCUT2D eigenvalue weighted by Crippen LogP contribution is -2.14. The van der Waals surface area contributed by atoms with Crippen LogP contribution in [0.4, 0.5) is 0 Å². The van der Waals surface area contributed by atoms with Crippen molar-refractivity contribution in [2.24, 2.45) is 11.3 Å². The highest BCUT2D eigenvalue weighted by molar-refractivity contribution is 5.66. The third kappa shape index (κ3) is 2.59. The zero-order chi connectivity index (χ0) is 14.2. The first-order valence-electron chi connectivity index (χ1n) is 7.99. The number of rotatable bonds is 1. The highest BCUT2D eigenvalue weighted by Crippen LogP contribution is 2.37. The highest BCUT2D eigenvalue weighted by Gasteiger charge is 2.26. The lowest BCUT2D eigenvalue weighted by molar-refractivity contribution is 0.268. The fourth-order valence-electron chi connectivity index (χ4n) is 3.22. The van der Waals surface area contributed by atoms with Crippen molar-refractivity contribution in [3.05, 3.63) is 40.7 Å². The minimum Gasteiger partial charge on any atom is -0.253 e. The summed E-state index contributed by atoms with van der Waals surface area (Å²) in [7, 11) is 0. The first-order valence-corrected chi connectivity index (χ1v) is 7.99. The zero-order valence-electron chi connectivity index (χ0n) is 12.9. The summed E-state index contributed by atoms with van der Waals surface area (Å²) in [5.41, 5.74) is 5.77. The van der Waals surface area contributed by atoms with E-state index in [-0.39, 0.29) is 0 Å². The maximum Gasteiger partial charge on any atom is 0.0702 e. The summed E-state index contributed by atoms with van der Waals surface area (Å²) in [6.07, 6.45) is 15.1. The quantitative estimate of drug-likeness (QED) is 0.649. The summed E-state index contributed by atoms with van der Waals surface area (Å²) < 4.78 is 0. The fraction of sp³-hybridized carbons (Fsp3) is 0.526. The van der Waals surface area contributed by atoms with E-state index in [1.54, 1.807) is 0 Å². The molecule has 0 spiro atoms. The van der Waals surface area contributed by atoms with Crippen LogP contribution in [-0.4, -0.2) is 4.98 Å². The molecule has 0 radical (unpaired) electrons. The van der Waals surface area contributed by atoms with Gasteiger partial charge in [0.1, 0.15) is 0 Å². The molecule has 1 aromatic heterocycles. The molecule has 1 heterocycles. The molecule has 20 heavy (non-hydrogen) atoms. The Balaban J connectivity index is 1.97. The number of fused-ring (bicyclic) bond motifs is 2. The highest BCUT2D eigenvalue weighted by atomic mass is 14.7. The smallest absolute Gasteiger partial charge is 0.0702 e. The molecule has 0 amide bonds. The summed E-state index contributed by atoms with van der Waals surface area (Å²) in [5, 5.41) is 0. The monoisotopic (exact) mass is 267 g/mol. The van der Waals surface area contributed by atoms with Gasteiger partial charge in [0.2, 0.25) is 0 Å². The van der Waals surface area contributed by atoms with Crippen LogP contribution < -0.4 is 0 Å². The van der Waals surface area contributed by atoms with E-state index in [1.807, 2.05) is 0 Å². The maximum atomic E-state index is 4.97. The molecule has 3 rings (SSSR count). The van der Waals surface area contributed by atoms with E-state index in [0.29, 0.717) is 11.3 Å². The van der Waals surface area contributed by atoms with E-state index in [0.717, 1.165) is 12.1 Å². The molecular formula is C19H25N. The van der Waals surface area contributed by atoms with Crippen molar-refractivity contribution in [3.8, 4) is 0 Å². The molecule has 2 aliphatic rings. The molecule has 1 aromatic rings. The van der Waals surface area contributed by atoms with Crippen molar-refractivity contribution in [2.75, 3.05) is 0 Å². The largest absolute Gasteiger partial charge is 0.253 e. The summed E-state index contributed by atoms with van der Waals surface area (Å²) in [4.78, 5) is 4.97. The summed E-state index contributed by atoms with van der Waals surface area (Å²) in [5.74, 6) is 0.507. The van der Waals surface area contributed by atoms with E-state index < -0.39 is 0 Å². The SMILES string of the molecule is CCC1(C)CCc2cc3c(nc2CC1)C=CC(C)C=C3. The number of allylic oxidation sites excluding steroid dienone is 2. The molecule has 2 atom stereocenters. The van der Waals surface area contributed by atoms with Crippen LogP contribution in [0.1, 0.15) is 62.5 Å². The fourth-order valence-corrected chi connectivity index (χ4v) is 3.22. The van der Waals surface area contributed by atoms with Gasteiger partial charge in [0.15, 0.2) is 0 Å². The van der Waals surface area contributed by atoms with Gasteiger partial charge in [-0.25, -0.2) is 0 Å². The predicted octanol–water partition coefficient (Wildman–Crippen LogP) is 5.05. The van der Waals surface area contributed by atoms with Crippen molar-refractivity contribution in [1.29, 1.82) is 0 Å². The Morgan fingerprint density at radius 3 is 2.75 bits per heavy atom. The molecule has 0 saturated heterocycles. The maximum absolute atomic E-state index is 4.97. The van der Waals surface area contributed by atoms with E-state index in [1.165, 1.54) is 42.5 Å². The Hall–Kier alpha value is -1.37. The molecule has 2 unspecified atom stereocenters. The average Bonchev–Trinajstić information content (AvgIpc) is 2.73. The molecular weight excluding hydrogens is 242 g/mol. The Kier molecular flexibility index (Phi) is 3.54. The molecule has 0 aliphatic heterocycles. The van der Waals surface area contributed by atoms with Gasteiger partial charge in [-0.1, -0.05) is 45.4 Å². The van der Waals surface area contributed by atoms with Crippen molar-refractivity contribution in [3.63, 3.8) is 0 Å². The van der Waals surface area contributed by atoms with E-state index >= 15 is 0 Å². The van der Waals surface area contributed by atoms with Gasteiger partial charge in [-0.15, -0.1) is 0 Å². The van der Waals surface area contributed by atoms with Crippen LogP contribution in [0.5, 0.6) is 0 Å². The first-order chi connectivity index (χ1) is 9.59. The van der Waals surface area contributed by atoms with E-state index in [2.05, 4.69) is 51.1 Å². The standard InChI is InChI=1S/C19H25N/c1-4-19(3)11-9-16-13-15-7-5-14(2)6-8-17(15)20-18(16)10-12-19/h5-8,13-14H,4,9-12H2,1-3H3. The van der Waals surface area contributed by atoms with Gasteiger partial charge in [-0.3, -0.25) is 4.98 Å². The van der Waals surface area contributed by atoms with E-state index in [4.69, 9.17) is 4.98 Å². The third-order valence-electron chi connectivity index (χ3n) is 5.21. The molecule has 106 valence electrons. The molecule has 2 aliphatic carbocycles. The molecule has 0 saturated carbocycles. The molecule has 0 N–H and O–H groups in total. The van der Waals surface area contributed by atoms with Gasteiger partial charge in [0.05, 0.1) is 5.69 Å². The number of aromatic nitrogens is 1. The van der Waals surface area contributed by atoms with Crippen LogP contribution in [0.2, 0.25) is 0 Å². The van der Waals surface area contributed by atoms with Gasteiger partial charge < -0.3 is 0 Å². The number of hydrogen-bond acceptors (Lipinski definition) is 1. The summed E-state index contributed by atoms with van der Waals surface area (Å²) in [6.45, 7) is 6.98. The van der Waals surface area contributed by atoms with Crippen LogP contribution in [0.15, 0.2) is 18.2 Å². The summed E-state index contributed by atoms with van der Waals surface area (Å²) >= 11 is 0. The second-order valence-corrected chi connectivity index (χ2v) is 6.81. The topological polar surface area (TPSA) is 12.9 Å². The Morgan fingerprint density at radius 1 is 1.20 bits per heavy atom. The number of pyridine rings is 1. The van der Waals surface area contributed by atoms with Crippen LogP contribution in [-0.2, 0) is 12.8 Å². The number of nitrogens with zero attached hydrogens (tertiary/aromatic N) is 1. The van der Waals surface area contributed by atoms with Crippen LogP contribution >= 0.6 is 0 Å². The second kappa shape index (κ2) is 5.20. The first kappa shape index (κ1) is 13.6. The Morgan fingerprint density at radius 2 is 1.95 bits per heavy atom. The van der Waals surface area contributed by atoms with Gasteiger partial charge in [-0.2, -0.15) is 0 Å². The molecule has 1 nitrogen and oxygen atoms in total. The number of aryl methyl sites for hydroxylation is 2. The number of hydrogen-bond donors (Lipinski definition) is 0. The summed E-state index contributed by atoms with van der Waals surface area (Å²) in [6, 6.07) is 2.39. The van der Waals surface area contributed by atoms with Crippen molar-refractivity contribution in [1.82, 2.24) is 4.98 Å². The zero-order valence-corrected chi connectivity index (χ0v) is 12.9. The van der Waals surface area contributed by atoms with Crippen LogP contribution in [0.3, 0.4) is 0 Å². The average molecular weight is 267 g/mol. The lowest BCUT2D eigenvalue weighted by Gasteiger charge is -2.25. The van der Waals surface area contributed by atoms with Crippen molar-refractivity contribution >= 4 is 12.2 Å². The molecule has 1 heteroatoms. The molecule has 0 aromatic carbocycles. The van der Waals surface area contributed by atoms with Crippen LogP contribution in [0.25, 0.3) is 12.2 Å². The Bertz CT molecular complexity index is 520.